The van der Waals surface area contributed by atoms with Crippen LogP contribution in [0.1, 0.15) is 0 Å². The Morgan fingerprint density at radius 3 is 0.966 bits per heavy atom. The second-order valence-corrected chi connectivity index (χ2v) is 12.3. The van der Waals surface area contributed by atoms with Crippen molar-refractivity contribution in [3.63, 3.8) is 0 Å². The summed E-state index contributed by atoms with van der Waals surface area (Å²) in [6.45, 7) is 0. The molecule has 2 aromatic carbocycles. The summed E-state index contributed by atoms with van der Waals surface area (Å²) in [7, 11) is 0. The van der Waals surface area contributed by atoms with Crippen molar-refractivity contribution in [1.29, 1.82) is 0 Å². The van der Waals surface area contributed by atoms with Gasteiger partial charge in [0, 0.05) is 0 Å². The molecule has 29 heavy (non-hydrogen) atoms. The first-order valence-electron chi connectivity index (χ1n) is 9.64. The number of allylic oxidation sites excluding steroid dienone is 4. The van der Waals surface area contributed by atoms with Gasteiger partial charge in [0.25, 0.3) is 0 Å². The predicted octanol–water partition coefficient (Wildman–Crippen LogP) is 1.68. The van der Waals surface area contributed by atoms with Crippen LogP contribution in [0.25, 0.3) is 24.3 Å². The van der Waals surface area contributed by atoms with Crippen LogP contribution in [0.5, 0.6) is 0 Å². The van der Waals surface area contributed by atoms with Gasteiger partial charge in [-0.1, -0.05) is 0 Å². The molecule has 1 spiro atoms. The summed E-state index contributed by atoms with van der Waals surface area (Å²) in [6.07, 6.45) is 26.9. The molecule has 0 radical (unpaired) electrons. The number of hydrogen-bond donors (Lipinski definition) is 0. The predicted molar refractivity (Wildman–Crippen MR) is 116 cm³/mol. The van der Waals surface area contributed by atoms with E-state index >= 15 is 0 Å². The first kappa shape index (κ1) is 14.7. The van der Waals surface area contributed by atoms with Crippen LogP contribution in [0.15, 0.2) is 73.4 Å². The van der Waals surface area contributed by atoms with Crippen LogP contribution in [0.4, 0.5) is 22.7 Å². The zero-order valence-electron chi connectivity index (χ0n) is 15.3. The third-order valence-corrected chi connectivity index (χ3v) is 12.3. The molecule has 5 heteroatoms. The minimum absolute atomic E-state index is 1.30. The molecule has 0 fully saturated rings. The molecule has 0 saturated heterocycles. The molecule has 142 valence electrons. The summed E-state index contributed by atoms with van der Waals surface area (Å²) in [5, 5.41) is 5.18. The van der Waals surface area contributed by atoms with Crippen molar-refractivity contribution in [2.45, 2.75) is 0 Å². The average molecular weight is 467 g/mol. The maximum absolute atomic E-state index is 2.78. The number of hydrogen-bond acceptors (Lipinski definition) is 4. The molecular weight excluding hydrogens is 451 g/mol. The first-order chi connectivity index (χ1) is 14.4. The Kier molecular flexibility index (Phi) is 2.36. The van der Waals surface area contributed by atoms with E-state index in [1.165, 1.54) is 43.6 Å². The summed E-state index contributed by atoms with van der Waals surface area (Å²) in [5.41, 5.74) is 5.35. The quantitative estimate of drug-likeness (QED) is 0.548. The summed E-state index contributed by atoms with van der Waals surface area (Å²) >= 11 is -2.78. The van der Waals surface area contributed by atoms with Crippen LogP contribution in [0.3, 0.4) is 0 Å². The van der Waals surface area contributed by atoms with Gasteiger partial charge in [-0.3, -0.25) is 0 Å². The van der Waals surface area contributed by atoms with E-state index < -0.39 is 16.5 Å². The van der Waals surface area contributed by atoms with E-state index in [0.29, 0.717) is 0 Å². The molecule has 6 aliphatic heterocycles. The second kappa shape index (κ2) is 4.65. The van der Waals surface area contributed by atoms with Crippen LogP contribution in [0.2, 0.25) is 0 Å². The fourth-order valence-corrected chi connectivity index (χ4v) is 12.1. The molecule has 6 aliphatic rings. The molecule has 2 aromatic rings. The molecule has 0 N–H and O–H groups in total. The molecule has 4 nitrogen and oxygen atoms in total. The number of fused-ring (bicyclic) bond motifs is 4. The Hall–Kier alpha value is -3.26. The minimum atomic E-state index is -2.78. The number of nitrogens with zero attached hydrogens (tertiary/aromatic N) is 4. The standard InChI is InChI=1S/2C12H8N2.Pd/c2*1-3-9-5-6-10-4-2-8-14-12(10)11(9)13-7-1;/h2*1-8H;/q2*-2;+4. The van der Waals surface area contributed by atoms with Crippen molar-refractivity contribution in [3.8, 4) is 0 Å². The molecule has 0 amide bonds. The number of rotatable bonds is 0. The maximum atomic E-state index is 2.58. The molecule has 0 aromatic heterocycles. The van der Waals surface area contributed by atoms with Crippen LogP contribution < -0.4 is 35.0 Å². The van der Waals surface area contributed by atoms with E-state index in [4.69, 9.17) is 0 Å². The molecule has 0 saturated carbocycles. The number of benzene rings is 2. The fraction of sp³-hybridized carbons (Fsp3) is 0. The van der Waals surface area contributed by atoms with Gasteiger partial charge >= 0.3 is 172 Å². The Balaban J connectivity index is 1.57. The molecule has 0 aliphatic carbocycles. The number of anilines is 4. The van der Waals surface area contributed by atoms with E-state index in [2.05, 4.69) is 112 Å². The summed E-state index contributed by atoms with van der Waals surface area (Å²) < 4.78 is 10.3. The molecule has 0 bridgehead atoms. The second-order valence-electron chi connectivity index (χ2n) is 7.42. The van der Waals surface area contributed by atoms with E-state index in [9.17, 15) is 0 Å². The molecule has 0 atom stereocenters. The third kappa shape index (κ3) is 1.43. The molecule has 0 unspecified atom stereocenters. The monoisotopic (exact) mass is 466 g/mol. The molecular formula is C24H16N4Pd. The van der Waals surface area contributed by atoms with Gasteiger partial charge < -0.3 is 0 Å². The van der Waals surface area contributed by atoms with Gasteiger partial charge in [0.05, 0.1) is 0 Å². The van der Waals surface area contributed by atoms with Crippen LogP contribution >= 0.6 is 0 Å². The van der Waals surface area contributed by atoms with E-state index in [-0.39, 0.29) is 0 Å². The van der Waals surface area contributed by atoms with Gasteiger partial charge in [0.1, 0.15) is 0 Å². The summed E-state index contributed by atoms with van der Waals surface area (Å²) in [6, 6.07) is 9.03. The average Bonchev–Trinajstić information content (AvgIpc) is 3.26. The van der Waals surface area contributed by atoms with Crippen molar-refractivity contribution in [2.75, 3.05) is 14.1 Å². The first-order valence-corrected chi connectivity index (χ1v) is 12.4. The van der Waals surface area contributed by atoms with Gasteiger partial charge in [0.2, 0.25) is 0 Å². The Morgan fingerprint density at radius 1 is 0.414 bits per heavy atom. The van der Waals surface area contributed by atoms with Crippen LogP contribution in [-0.4, -0.2) is 0 Å². The van der Waals surface area contributed by atoms with Crippen LogP contribution in [0, 0.1) is 0 Å². The SMILES string of the molecule is C1=C[N]2c3c4c(ccc3=C1)=CC=C[N]4[Pd]21[N]2C=CC=c3ccc4c(c32)[N]1C=CC=4. The molecule has 8 rings (SSSR count). The van der Waals surface area contributed by atoms with Gasteiger partial charge in [-0.25, -0.2) is 0 Å². The molecule has 6 heterocycles. The van der Waals surface area contributed by atoms with E-state index in [0.717, 1.165) is 0 Å². The summed E-state index contributed by atoms with van der Waals surface area (Å²) in [4.78, 5) is 0. The van der Waals surface area contributed by atoms with Crippen molar-refractivity contribution in [3.05, 3.63) is 94.2 Å². The van der Waals surface area contributed by atoms with Crippen molar-refractivity contribution >= 4 is 47.1 Å². The Morgan fingerprint density at radius 2 is 0.690 bits per heavy atom. The topological polar surface area (TPSA) is 13.0 Å². The summed E-state index contributed by atoms with van der Waals surface area (Å²) in [5.74, 6) is 0. The van der Waals surface area contributed by atoms with Gasteiger partial charge in [-0.15, -0.1) is 0 Å². The Labute approximate surface area is 171 Å². The van der Waals surface area contributed by atoms with Gasteiger partial charge in [-0.2, -0.15) is 0 Å². The third-order valence-electron chi connectivity index (χ3n) is 5.98. The normalized spacial score (nSPS) is 22.1. The van der Waals surface area contributed by atoms with Crippen molar-refractivity contribution in [1.82, 2.24) is 0 Å². The van der Waals surface area contributed by atoms with Crippen molar-refractivity contribution in [2.24, 2.45) is 0 Å². The van der Waals surface area contributed by atoms with Gasteiger partial charge in [-0.05, 0) is 0 Å². The van der Waals surface area contributed by atoms with E-state index in [1.54, 1.807) is 0 Å². The zero-order chi connectivity index (χ0) is 18.7. The van der Waals surface area contributed by atoms with Gasteiger partial charge in [0.15, 0.2) is 0 Å². The van der Waals surface area contributed by atoms with Crippen molar-refractivity contribution < 1.29 is 16.5 Å². The van der Waals surface area contributed by atoms with Crippen LogP contribution in [-0.2, 0) is 16.5 Å². The Bertz CT molecular complexity index is 1310. The van der Waals surface area contributed by atoms with E-state index in [1.807, 2.05) is 0 Å². The fourth-order valence-electron chi connectivity index (χ4n) is 4.84. The zero-order valence-corrected chi connectivity index (χ0v) is 16.9.